The Balaban J connectivity index is 1.84. The molecule has 7 heteroatoms. The van der Waals surface area contributed by atoms with Crippen LogP contribution in [0.5, 0.6) is 0 Å². The van der Waals surface area contributed by atoms with Crippen LogP contribution in [-0.4, -0.2) is 24.6 Å². The van der Waals surface area contributed by atoms with Gasteiger partial charge in [-0.15, -0.1) is 11.3 Å². The van der Waals surface area contributed by atoms with E-state index in [1.54, 1.807) is 15.9 Å². The predicted octanol–water partition coefficient (Wildman–Crippen LogP) is 2.32. The number of aromatic nitrogens is 5. The maximum absolute atomic E-state index is 4.42. The van der Waals surface area contributed by atoms with E-state index in [4.69, 9.17) is 0 Å². The number of fused-ring (bicyclic) bond motifs is 1. The lowest BCUT2D eigenvalue weighted by Crippen LogP contribution is -2.07. The second-order valence-electron chi connectivity index (χ2n) is 4.39. The molecule has 0 spiro atoms. The molecule has 6 nitrogen and oxygen atoms in total. The fourth-order valence-corrected chi connectivity index (χ4v) is 2.73. The highest BCUT2D eigenvalue weighted by molar-refractivity contribution is 7.11. The Bertz CT molecular complexity index is 717. The third-order valence-corrected chi connectivity index (χ3v) is 4.18. The number of aryl methyl sites for hydroxylation is 2. The Labute approximate surface area is 120 Å². The Morgan fingerprint density at radius 3 is 2.90 bits per heavy atom. The van der Waals surface area contributed by atoms with E-state index < -0.39 is 0 Å². The molecular weight excluding hydrogens is 272 g/mol. The van der Waals surface area contributed by atoms with Crippen LogP contribution in [0.2, 0.25) is 0 Å². The fraction of sp³-hybridized carbons (Fsp3) is 0.385. The van der Waals surface area contributed by atoms with Crippen LogP contribution in [0.1, 0.15) is 29.4 Å². The molecule has 3 aromatic heterocycles. The van der Waals surface area contributed by atoms with Crippen LogP contribution < -0.4 is 5.32 Å². The maximum Gasteiger partial charge on any atom is 0.254 e. The molecule has 0 bridgehead atoms. The van der Waals surface area contributed by atoms with Gasteiger partial charge in [0.25, 0.3) is 5.78 Å². The van der Waals surface area contributed by atoms with Gasteiger partial charge in [-0.1, -0.05) is 13.8 Å². The molecule has 0 radical (unpaired) electrons. The standard InChI is InChI=1S/C13H16N6S/c1-3-9-5-11(19-13(18-9)16-8-17-19)14-7-12-15-6-10(4-2)20-12/h5-6,8,14H,3-4,7H2,1-2H3. The number of nitrogens with one attached hydrogen (secondary N) is 1. The molecule has 0 fully saturated rings. The summed E-state index contributed by atoms with van der Waals surface area (Å²) in [7, 11) is 0. The quantitative estimate of drug-likeness (QED) is 0.780. The Morgan fingerprint density at radius 2 is 2.15 bits per heavy atom. The first-order chi connectivity index (χ1) is 9.80. The molecule has 0 unspecified atom stereocenters. The first-order valence-electron chi connectivity index (χ1n) is 6.67. The molecule has 0 saturated carbocycles. The number of thiazole rings is 1. The Morgan fingerprint density at radius 1 is 1.25 bits per heavy atom. The molecule has 0 aliphatic carbocycles. The smallest absolute Gasteiger partial charge is 0.254 e. The van der Waals surface area contributed by atoms with E-state index in [0.717, 1.165) is 29.4 Å². The van der Waals surface area contributed by atoms with E-state index in [1.807, 2.05) is 12.3 Å². The van der Waals surface area contributed by atoms with E-state index in [-0.39, 0.29) is 0 Å². The topological polar surface area (TPSA) is 68.0 Å². The summed E-state index contributed by atoms with van der Waals surface area (Å²) in [6.07, 6.45) is 5.36. The SMILES string of the molecule is CCc1cc(NCc2ncc(CC)s2)n2ncnc2n1. The highest BCUT2D eigenvalue weighted by Gasteiger charge is 2.07. The summed E-state index contributed by atoms with van der Waals surface area (Å²) in [5, 5.41) is 8.64. The Hall–Kier alpha value is -2.02. The predicted molar refractivity (Wildman–Crippen MR) is 79.0 cm³/mol. The molecule has 0 saturated heterocycles. The first kappa shape index (κ1) is 13.0. The molecule has 0 amide bonds. The molecule has 0 aromatic carbocycles. The van der Waals surface area contributed by atoms with Gasteiger partial charge < -0.3 is 5.32 Å². The number of rotatable bonds is 5. The monoisotopic (exact) mass is 288 g/mol. The second-order valence-corrected chi connectivity index (χ2v) is 5.59. The summed E-state index contributed by atoms with van der Waals surface area (Å²) in [6.45, 7) is 4.90. The molecule has 3 rings (SSSR count). The largest absolute Gasteiger partial charge is 0.363 e. The second kappa shape index (κ2) is 5.54. The number of hydrogen-bond donors (Lipinski definition) is 1. The van der Waals surface area contributed by atoms with Gasteiger partial charge in [-0.25, -0.2) is 9.97 Å². The van der Waals surface area contributed by atoms with Gasteiger partial charge in [-0.2, -0.15) is 14.6 Å². The van der Waals surface area contributed by atoms with E-state index in [1.165, 1.54) is 11.2 Å². The zero-order chi connectivity index (χ0) is 13.9. The number of nitrogens with zero attached hydrogens (tertiary/aromatic N) is 5. The minimum atomic E-state index is 0.625. The highest BCUT2D eigenvalue weighted by atomic mass is 32.1. The van der Waals surface area contributed by atoms with Crippen LogP contribution in [0.4, 0.5) is 5.82 Å². The molecule has 0 aliphatic heterocycles. The molecule has 1 N–H and O–H groups in total. The summed E-state index contributed by atoms with van der Waals surface area (Å²) in [6, 6.07) is 2.01. The number of hydrogen-bond acceptors (Lipinski definition) is 6. The lowest BCUT2D eigenvalue weighted by Gasteiger charge is -2.07. The average molecular weight is 288 g/mol. The summed E-state index contributed by atoms with van der Waals surface area (Å²) < 4.78 is 1.72. The molecule has 104 valence electrons. The van der Waals surface area contributed by atoms with Crippen LogP contribution in [-0.2, 0) is 19.4 Å². The van der Waals surface area contributed by atoms with Gasteiger partial charge in [0.2, 0.25) is 0 Å². The third kappa shape index (κ3) is 2.49. The van der Waals surface area contributed by atoms with Crippen molar-refractivity contribution in [3.63, 3.8) is 0 Å². The zero-order valence-electron chi connectivity index (χ0n) is 11.5. The third-order valence-electron chi connectivity index (χ3n) is 3.04. The normalized spacial score (nSPS) is 11.1. The van der Waals surface area contributed by atoms with Crippen molar-refractivity contribution in [3.05, 3.63) is 34.2 Å². The van der Waals surface area contributed by atoms with Crippen LogP contribution in [0.3, 0.4) is 0 Å². The molecular formula is C13H16N6S. The summed E-state index contributed by atoms with van der Waals surface area (Å²) in [5.74, 6) is 1.53. The van der Waals surface area contributed by atoms with Gasteiger partial charge >= 0.3 is 0 Å². The molecule has 0 aliphatic rings. The van der Waals surface area contributed by atoms with Crippen molar-refractivity contribution >= 4 is 22.9 Å². The van der Waals surface area contributed by atoms with Crippen molar-refractivity contribution in [1.82, 2.24) is 24.6 Å². The van der Waals surface area contributed by atoms with Crippen LogP contribution in [0, 0.1) is 0 Å². The van der Waals surface area contributed by atoms with Crippen molar-refractivity contribution in [2.45, 2.75) is 33.2 Å². The zero-order valence-corrected chi connectivity index (χ0v) is 12.3. The molecule has 3 heterocycles. The Kier molecular flexibility index (Phi) is 3.60. The van der Waals surface area contributed by atoms with Gasteiger partial charge in [0.05, 0.1) is 6.54 Å². The molecule has 3 aromatic rings. The van der Waals surface area contributed by atoms with Crippen LogP contribution >= 0.6 is 11.3 Å². The lowest BCUT2D eigenvalue weighted by atomic mass is 10.3. The van der Waals surface area contributed by atoms with Gasteiger partial charge in [0.1, 0.15) is 17.2 Å². The van der Waals surface area contributed by atoms with Crippen molar-refractivity contribution in [3.8, 4) is 0 Å². The van der Waals surface area contributed by atoms with E-state index in [9.17, 15) is 0 Å². The highest BCUT2D eigenvalue weighted by Crippen LogP contribution is 2.16. The molecule has 0 atom stereocenters. The van der Waals surface area contributed by atoms with Crippen molar-refractivity contribution in [1.29, 1.82) is 0 Å². The number of anilines is 1. The molecule has 20 heavy (non-hydrogen) atoms. The summed E-state index contributed by atoms with van der Waals surface area (Å²) >= 11 is 1.73. The average Bonchev–Trinajstić information content (AvgIpc) is 3.12. The lowest BCUT2D eigenvalue weighted by molar-refractivity contribution is 0.899. The van der Waals surface area contributed by atoms with Crippen molar-refractivity contribution in [2.75, 3.05) is 5.32 Å². The fourth-order valence-electron chi connectivity index (χ4n) is 1.93. The minimum Gasteiger partial charge on any atom is -0.363 e. The van der Waals surface area contributed by atoms with E-state index in [0.29, 0.717) is 12.3 Å². The van der Waals surface area contributed by atoms with Gasteiger partial charge in [0, 0.05) is 22.8 Å². The van der Waals surface area contributed by atoms with Crippen molar-refractivity contribution < 1.29 is 0 Å². The first-order valence-corrected chi connectivity index (χ1v) is 7.49. The maximum atomic E-state index is 4.42. The van der Waals surface area contributed by atoms with E-state index >= 15 is 0 Å². The minimum absolute atomic E-state index is 0.625. The van der Waals surface area contributed by atoms with Crippen molar-refractivity contribution in [2.24, 2.45) is 0 Å². The summed E-state index contributed by atoms with van der Waals surface area (Å²) in [5.41, 5.74) is 1.00. The van der Waals surface area contributed by atoms with Crippen LogP contribution in [0.25, 0.3) is 5.78 Å². The van der Waals surface area contributed by atoms with E-state index in [2.05, 4.69) is 39.2 Å². The summed E-state index contributed by atoms with van der Waals surface area (Å²) in [4.78, 5) is 14.3. The van der Waals surface area contributed by atoms with Gasteiger partial charge in [-0.05, 0) is 12.8 Å². The van der Waals surface area contributed by atoms with Gasteiger partial charge in [-0.3, -0.25) is 0 Å². The van der Waals surface area contributed by atoms with Gasteiger partial charge in [0.15, 0.2) is 0 Å². The van der Waals surface area contributed by atoms with Crippen LogP contribution in [0.15, 0.2) is 18.6 Å².